The zero-order chi connectivity index (χ0) is 21.5. The van der Waals surface area contributed by atoms with Gasteiger partial charge in [0.25, 0.3) is 0 Å². The number of carboxylic acids is 1. The second kappa shape index (κ2) is 9.80. The Morgan fingerprint density at radius 3 is 2.60 bits per heavy atom. The van der Waals surface area contributed by atoms with Crippen LogP contribution in [0.4, 0.5) is 10.3 Å². The normalized spacial score (nSPS) is 10.8. The Bertz CT molecular complexity index is 1010. The molecule has 0 aliphatic carbocycles. The number of hydrogen-bond acceptors (Lipinski definition) is 6. The van der Waals surface area contributed by atoms with Gasteiger partial charge < -0.3 is 20.1 Å². The fraction of sp³-hybridized carbons (Fsp3) is 0.227. The lowest BCUT2D eigenvalue weighted by molar-refractivity contribution is 0.0697. The maximum Gasteiger partial charge on any atom is 0.335 e. The topological polar surface area (TPSA) is 87.6 Å². The van der Waals surface area contributed by atoms with Crippen LogP contribution in [0.5, 0.6) is 5.75 Å². The van der Waals surface area contributed by atoms with E-state index in [1.54, 1.807) is 48.7 Å². The van der Waals surface area contributed by atoms with Crippen molar-refractivity contribution in [3.8, 4) is 17.0 Å². The van der Waals surface area contributed by atoms with Crippen molar-refractivity contribution < 1.29 is 19.0 Å². The first-order chi connectivity index (χ1) is 14.4. The summed E-state index contributed by atoms with van der Waals surface area (Å²) in [5, 5.41) is 12.0. The molecule has 0 amide bonds. The Hall–Kier alpha value is -3.52. The van der Waals surface area contributed by atoms with Gasteiger partial charge in [0.15, 0.2) is 11.6 Å². The number of aromatic nitrogens is 2. The third-order valence-electron chi connectivity index (χ3n) is 4.33. The van der Waals surface area contributed by atoms with Crippen molar-refractivity contribution in [1.29, 1.82) is 0 Å². The fourth-order valence-corrected chi connectivity index (χ4v) is 2.67. The van der Waals surface area contributed by atoms with Crippen molar-refractivity contribution in [1.82, 2.24) is 14.9 Å². The molecular formula is C22H23FN4O3. The van der Waals surface area contributed by atoms with Crippen LogP contribution < -0.4 is 10.1 Å². The molecule has 3 aromatic rings. The van der Waals surface area contributed by atoms with E-state index < -0.39 is 11.8 Å². The quantitative estimate of drug-likeness (QED) is 0.558. The predicted octanol–water partition coefficient (Wildman–Crippen LogP) is 3.53. The van der Waals surface area contributed by atoms with Crippen LogP contribution in [0, 0.1) is 5.82 Å². The lowest BCUT2D eigenvalue weighted by Crippen LogP contribution is -2.19. The number of hydrogen-bond donors (Lipinski definition) is 2. The molecule has 2 aromatic carbocycles. The summed E-state index contributed by atoms with van der Waals surface area (Å²) < 4.78 is 19.9. The molecule has 0 saturated carbocycles. The zero-order valence-electron chi connectivity index (χ0n) is 16.8. The Morgan fingerprint density at radius 1 is 1.17 bits per heavy atom. The van der Waals surface area contributed by atoms with Gasteiger partial charge in [-0.3, -0.25) is 0 Å². The van der Waals surface area contributed by atoms with Crippen molar-refractivity contribution in [2.75, 3.05) is 32.6 Å². The van der Waals surface area contributed by atoms with Gasteiger partial charge in [-0.1, -0.05) is 12.1 Å². The van der Waals surface area contributed by atoms with Gasteiger partial charge in [0.05, 0.1) is 11.3 Å². The summed E-state index contributed by atoms with van der Waals surface area (Å²) in [6.07, 6.45) is 1.59. The standard InChI is InChI=1S/C22H23FN4O3/c1-27(2)11-12-30-20-8-7-17(13-18(20)23)19-9-10-24-22(26-19)25-14-15-3-5-16(6-4-15)21(28)29/h3-10,13H,11-12,14H2,1-2H3,(H,28,29)(H,24,25,26). The minimum Gasteiger partial charge on any atom is -0.489 e. The summed E-state index contributed by atoms with van der Waals surface area (Å²) in [6.45, 7) is 1.52. The average molecular weight is 410 g/mol. The van der Waals surface area contributed by atoms with E-state index in [2.05, 4.69) is 15.3 Å². The van der Waals surface area contributed by atoms with Crippen LogP contribution in [0.2, 0.25) is 0 Å². The molecule has 0 saturated heterocycles. The molecule has 0 atom stereocenters. The molecule has 0 radical (unpaired) electrons. The van der Waals surface area contributed by atoms with Gasteiger partial charge in [0.1, 0.15) is 6.61 Å². The summed E-state index contributed by atoms with van der Waals surface area (Å²) in [6, 6.07) is 13.0. The maximum atomic E-state index is 14.4. The number of aromatic carboxylic acids is 1. The molecule has 2 N–H and O–H groups in total. The van der Waals surface area contributed by atoms with E-state index in [1.807, 2.05) is 19.0 Å². The van der Waals surface area contributed by atoms with Gasteiger partial charge >= 0.3 is 5.97 Å². The lowest BCUT2D eigenvalue weighted by atomic mass is 10.1. The van der Waals surface area contributed by atoms with Crippen LogP contribution >= 0.6 is 0 Å². The van der Waals surface area contributed by atoms with Crippen LogP contribution in [0.1, 0.15) is 15.9 Å². The van der Waals surface area contributed by atoms with E-state index >= 15 is 0 Å². The third-order valence-corrected chi connectivity index (χ3v) is 4.33. The molecule has 0 bridgehead atoms. The summed E-state index contributed by atoms with van der Waals surface area (Å²) in [4.78, 5) is 21.5. The average Bonchev–Trinajstić information content (AvgIpc) is 2.73. The van der Waals surface area contributed by atoms with Crippen molar-refractivity contribution in [2.45, 2.75) is 6.54 Å². The summed E-state index contributed by atoms with van der Waals surface area (Å²) in [5.74, 6) is -0.816. The monoisotopic (exact) mass is 410 g/mol. The predicted molar refractivity (Wildman–Crippen MR) is 112 cm³/mol. The van der Waals surface area contributed by atoms with Gasteiger partial charge in [-0.15, -0.1) is 0 Å². The first kappa shape index (κ1) is 21.2. The molecule has 1 aromatic heterocycles. The molecule has 3 rings (SSSR count). The minimum atomic E-state index is -0.966. The van der Waals surface area contributed by atoms with E-state index in [4.69, 9.17) is 9.84 Å². The van der Waals surface area contributed by atoms with Crippen LogP contribution in [0.15, 0.2) is 54.7 Å². The van der Waals surface area contributed by atoms with Gasteiger partial charge in [-0.05, 0) is 56.1 Å². The smallest absolute Gasteiger partial charge is 0.335 e. The van der Waals surface area contributed by atoms with Crippen molar-refractivity contribution in [3.05, 3.63) is 71.7 Å². The summed E-state index contributed by atoms with van der Waals surface area (Å²) in [5.41, 5.74) is 2.31. The van der Waals surface area contributed by atoms with Crippen LogP contribution in [-0.2, 0) is 6.54 Å². The lowest BCUT2D eigenvalue weighted by Gasteiger charge is -2.12. The van der Waals surface area contributed by atoms with Gasteiger partial charge in [-0.25, -0.2) is 19.2 Å². The Labute approximate surface area is 174 Å². The molecule has 0 unspecified atom stereocenters. The second-order valence-electron chi connectivity index (χ2n) is 6.92. The molecule has 156 valence electrons. The van der Waals surface area contributed by atoms with Crippen LogP contribution in [-0.4, -0.2) is 53.2 Å². The molecular weight excluding hydrogens is 387 g/mol. The molecule has 8 heteroatoms. The first-order valence-electron chi connectivity index (χ1n) is 9.39. The fourth-order valence-electron chi connectivity index (χ4n) is 2.67. The van der Waals surface area contributed by atoms with E-state index in [0.717, 1.165) is 5.56 Å². The number of likely N-dealkylation sites (N-methyl/N-ethyl adjacent to an activating group) is 1. The number of carbonyl (C=O) groups is 1. The highest BCUT2D eigenvalue weighted by molar-refractivity contribution is 5.87. The van der Waals surface area contributed by atoms with Crippen molar-refractivity contribution >= 4 is 11.9 Å². The van der Waals surface area contributed by atoms with E-state index in [1.165, 1.54) is 6.07 Å². The number of halogens is 1. The van der Waals surface area contributed by atoms with E-state index in [9.17, 15) is 9.18 Å². The van der Waals surface area contributed by atoms with Crippen molar-refractivity contribution in [2.24, 2.45) is 0 Å². The third kappa shape index (κ3) is 5.74. The number of nitrogens with one attached hydrogen (secondary N) is 1. The van der Waals surface area contributed by atoms with E-state index in [-0.39, 0.29) is 11.3 Å². The molecule has 0 aliphatic heterocycles. The van der Waals surface area contributed by atoms with Gasteiger partial charge in [0, 0.05) is 24.8 Å². The van der Waals surface area contributed by atoms with Crippen molar-refractivity contribution in [3.63, 3.8) is 0 Å². The first-order valence-corrected chi connectivity index (χ1v) is 9.39. The molecule has 0 spiro atoms. The van der Waals surface area contributed by atoms with Gasteiger partial charge in [0.2, 0.25) is 5.95 Å². The number of anilines is 1. The summed E-state index contributed by atoms with van der Waals surface area (Å²) >= 11 is 0. The number of nitrogens with zero attached hydrogens (tertiary/aromatic N) is 3. The minimum absolute atomic E-state index is 0.206. The maximum absolute atomic E-state index is 14.4. The molecule has 7 nitrogen and oxygen atoms in total. The highest BCUT2D eigenvalue weighted by atomic mass is 19.1. The molecule has 1 heterocycles. The Balaban J connectivity index is 1.66. The number of rotatable bonds is 9. The van der Waals surface area contributed by atoms with Crippen LogP contribution in [0.25, 0.3) is 11.3 Å². The molecule has 0 fully saturated rings. The number of benzene rings is 2. The largest absolute Gasteiger partial charge is 0.489 e. The zero-order valence-corrected chi connectivity index (χ0v) is 16.8. The second-order valence-corrected chi connectivity index (χ2v) is 6.92. The molecule has 0 aliphatic rings. The Morgan fingerprint density at radius 2 is 1.93 bits per heavy atom. The summed E-state index contributed by atoms with van der Waals surface area (Å²) in [7, 11) is 3.85. The Kier molecular flexibility index (Phi) is 6.92. The number of carboxylic acid groups (broad SMARTS) is 1. The number of ether oxygens (including phenoxy) is 1. The highest BCUT2D eigenvalue weighted by Gasteiger charge is 2.09. The highest BCUT2D eigenvalue weighted by Crippen LogP contribution is 2.25. The van der Waals surface area contributed by atoms with E-state index in [0.29, 0.717) is 36.9 Å². The van der Waals surface area contributed by atoms with Crippen LogP contribution in [0.3, 0.4) is 0 Å². The van der Waals surface area contributed by atoms with Gasteiger partial charge in [-0.2, -0.15) is 0 Å². The molecule has 30 heavy (non-hydrogen) atoms. The SMILES string of the molecule is CN(C)CCOc1ccc(-c2ccnc(NCc3ccc(C(=O)O)cc3)n2)cc1F.